The van der Waals surface area contributed by atoms with Crippen LogP contribution in [0.2, 0.25) is 5.02 Å². The Morgan fingerprint density at radius 2 is 1.83 bits per heavy atom. The highest BCUT2D eigenvalue weighted by Crippen LogP contribution is 2.38. The molecule has 30 heavy (non-hydrogen) atoms. The summed E-state index contributed by atoms with van der Waals surface area (Å²) in [4.78, 5) is 4.49. The molecule has 1 aliphatic rings. The van der Waals surface area contributed by atoms with Gasteiger partial charge < -0.3 is 9.31 Å². The Hall–Kier alpha value is -1.87. The lowest BCUT2D eigenvalue weighted by atomic mass is 9.69. The highest BCUT2D eigenvalue weighted by Gasteiger charge is 2.48. The average molecular weight is 447 g/mol. The van der Waals surface area contributed by atoms with Crippen molar-refractivity contribution < 1.29 is 17.7 Å². The van der Waals surface area contributed by atoms with E-state index in [0.29, 0.717) is 22.5 Å². The molecule has 1 fully saturated rings. The Morgan fingerprint density at radius 1 is 1.17 bits per heavy atom. The minimum Gasteiger partial charge on any atom is -0.407 e. The molecule has 1 aliphatic heterocycles. The fourth-order valence-corrected chi connectivity index (χ4v) is 4.83. The quantitative estimate of drug-likeness (QED) is 0.573. The van der Waals surface area contributed by atoms with Gasteiger partial charge in [-0.1, -0.05) is 43.1 Å². The van der Waals surface area contributed by atoms with Crippen LogP contribution >= 0.6 is 11.6 Å². The molecule has 1 saturated heterocycles. The third-order valence-corrected chi connectivity index (χ3v) is 7.94. The Labute approximate surface area is 182 Å². The van der Waals surface area contributed by atoms with E-state index < -0.39 is 22.7 Å². The highest BCUT2D eigenvalue weighted by atomic mass is 35.5. The number of nitrogens with zero attached hydrogens (tertiary/aromatic N) is 2. The number of hydrogen-bond donors (Lipinski definition) is 0. The lowest BCUT2D eigenvalue weighted by molar-refractivity contribution is -0.0936. The largest absolute Gasteiger partial charge is 0.496 e. The second-order valence-electron chi connectivity index (χ2n) is 8.88. The first-order valence-electron chi connectivity index (χ1n) is 9.71. The van der Waals surface area contributed by atoms with Gasteiger partial charge in [0.2, 0.25) is 0 Å². The molecule has 0 N–H and O–H groups in total. The van der Waals surface area contributed by atoms with Crippen LogP contribution in [-0.4, -0.2) is 36.7 Å². The van der Waals surface area contributed by atoms with Gasteiger partial charge in [-0.2, -0.15) is 0 Å². The van der Waals surface area contributed by atoms with Gasteiger partial charge in [0.05, 0.1) is 15.5 Å². The molecule has 0 radical (unpaired) electrons. The van der Waals surface area contributed by atoms with Crippen LogP contribution < -0.4 is 5.46 Å². The van der Waals surface area contributed by atoms with Gasteiger partial charge in [0.15, 0.2) is 5.65 Å². The van der Waals surface area contributed by atoms with Crippen molar-refractivity contribution in [2.75, 3.05) is 6.61 Å². The molecule has 0 saturated carbocycles. The topological polar surface area (TPSA) is 70.4 Å². The van der Waals surface area contributed by atoms with Crippen LogP contribution in [0.3, 0.4) is 0 Å². The predicted octanol–water partition coefficient (Wildman–Crippen LogP) is 3.78. The molecule has 3 heterocycles. The number of halogens is 1. The molecule has 0 atom stereocenters. The number of aryl methyl sites for hydroxylation is 1. The summed E-state index contributed by atoms with van der Waals surface area (Å²) in [6.45, 7) is 10.5. The molecule has 158 valence electrons. The SMILES string of the molecule is Cc1ccc(S(=O)(=O)n2cc(B3OCC(C)(C)C(C)(C)O3)c3cc(Cl)cnc32)cc1. The standard InChI is InChI=1S/C21H24BClN2O4S/c1-14-6-8-16(9-7-14)30(26,27)25-12-18(17-10-15(23)11-24-19(17)25)22-28-13-20(2,3)21(4,5)29-22/h6-12H,13H2,1-5H3. The third kappa shape index (κ3) is 3.45. The molecule has 4 rings (SSSR count). The van der Waals surface area contributed by atoms with Crippen molar-refractivity contribution in [3.05, 3.63) is 53.3 Å². The van der Waals surface area contributed by atoms with Crippen LogP contribution in [0.25, 0.3) is 11.0 Å². The first-order valence-corrected chi connectivity index (χ1v) is 11.5. The molecule has 0 spiro atoms. The highest BCUT2D eigenvalue weighted by molar-refractivity contribution is 7.90. The molecule has 3 aromatic rings. The summed E-state index contributed by atoms with van der Waals surface area (Å²) in [5.74, 6) is 0. The van der Waals surface area contributed by atoms with Crippen molar-refractivity contribution in [2.45, 2.75) is 45.1 Å². The molecule has 9 heteroatoms. The van der Waals surface area contributed by atoms with Crippen molar-refractivity contribution >= 4 is 45.2 Å². The van der Waals surface area contributed by atoms with Crippen LogP contribution in [0.5, 0.6) is 0 Å². The Kier molecular flexibility index (Phi) is 5.05. The van der Waals surface area contributed by atoms with Crippen LogP contribution in [0.1, 0.15) is 33.3 Å². The maximum Gasteiger partial charge on any atom is 0.496 e. The molecule has 0 bridgehead atoms. The molecule has 0 amide bonds. The van der Waals surface area contributed by atoms with Gasteiger partial charge in [-0.05, 0) is 39.0 Å². The summed E-state index contributed by atoms with van der Waals surface area (Å²) in [7, 11) is -4.60. The van der Waals surface area contributed by atoms with Crippen LogP contribution in [0, 0.1) is 12.3 Å². The summed E-state index contributed by atoms with van der Waals surface area (Å²) in [6.07, 6.45) is 2.96. The number of hydrogen-bond acceptors (Lipinski definition) is 5. The van der Waals surface area contributed by atoms with Gasteiger partial charge in [0.25, 0.3) is 10.0 Å². The molecule has 1 aromatic carbocycles. The predicted molar refractivity (Wildman–Crippen MR) is 119 cm³/mol. The van der Waals surface area contributed by atoms with E-state index in [2.05, 4.69) is 18.8 Å². The van der Waals surface area contributed by atoms with Crippen molar-refractivity contribution in [1.82, 2.24) is 8.96 Å². The van der Waals surface area contributed by atoms with Gasteiger partial charge in [-0.15, -0.1) is 0 Å². The molecule has 0 aliphatic carbocycles. The van der Waals surface area contributed by atoms with Crippen molar-refractivity contribution in [1.29, 1.82) is 0 Å². The summed E-state index contributed by atoms with van der Waals surface area (Å²) in [6, 6.07) is 8.40. The van der Waals surface area contributed by atoms with E-state index in [4.69, 9.17) is 20.9 Å². The molecule has 0 unspecified atom stereocenters. The summed E-state index contributed by atoms with van der Waals surface area (Å²) in [5, 5.41) is 0.989. The van der Waals surface area contributed by atoms with E-state index >= 15 is 0 Å². The van der Waals surface area contributed by atoms with E-state index in [-0.39, 0.29) is 16.0 Å². The summed E-state index contributed by atoms with van der Waals surface area (Å²) in [5.41, 5.74) is 1.16. The fraction of sp³-hybridized carbons (Fsp3) is 0.381. The monoisotopic (exact) mass is 446 g/mol. The van der Waals surface area contributed by atoms with Crippen LogP contribution in [0.4, 0.5) is 0 Å². The Bertz CT molecular complexity index is 1220. The maximum absolute atomic E-state index is 13.4. The van der Waals surface area contributed by atoms with Gasteiger partial charge in [-0.25, -0.2) is 17.4 Å². The zero-order chi connectivity index (χ0) is 21.9. The van der Waals surface area contributed by atoms with Gasteiger partial charge in [0, 0.05) is 35.3 Å². The van der Waals surface area contributed by atoms with Gasteiger partial charge in [-0.3, -0.25) is 0 Å². The Morgan fingerprint density at radius 3 is 2.47 bits per heavy atom. The summed E-state index contributed by atoms with van der Waals surface area (Å²) < 4.78 is 40.2. The maximum atomic E-state index is 13.4. The van der Waals surface area contributed by atoms with Crippen molar-refractivity contribution in [3.8, 4) is 0 Å². The number of rotatable bonds is 3. The normalized spacial score (nSPS) is 18.7. The minimum atomic E-state index is -3.86. The Balaban J connectivity index is 1.87. The number of fused-ring (bicyclic) bond motifs is 1. The molecule has 2 aromatic heterocycles. The number of pyridine rings is 1. The van der Waals surface area contributed by atoms with Crippen LogP contribution in [0.15, 0.2) is 47.6 Å². The first-order chi connectivity index (χ1) is 13.9. The van der Waals surface area contributed by atoms with Gasteiger partial charge >= 0.3 is 7.12 Å². The second kappa shape index (κ2) is 7.09. The average Bonchev–Trinajstić information content (AvgIpc) is 3.04. The molecule has 6 nitrogen and oxygen atoms in total. The van der Waals surface area contributed by atoms with E-state index in [1.54, 1.807) is 30.3 Å². The van der Waals surface area contributed by atoms with E-state index in [1.165, 1.54) is 16.4 Å². The first kappa shape index (κ1) is 21.4. The molecular formula is C21H24BClN2O4S. The number of aromatic nitrogens is 2. The fourth-order valence-electron chi connectivity index (χ4n) is 3.34. The summed E-state index contributed by atoms with van der Waals surface area (Å²) >= 11 is 6.19. The third-order valence-electron chi connectivity index (χ3n) is 6.07. The van der Waals surface area contributed by atoms with Crippen LogP contribution in [-0.2, 0) is 19.3 Å². The minimum absolute atomic E-state index is 0.181. The molecular weight excluding hydrogens is 423 g/mol. The lowest BCUT2D eigenvalue weighted by Gasteiger charge is -2.47. The zero-order valence-corrected chi connectivity index (χ0v) is 19.2. The van der Waals surface area contributed by atoms with E-state index in [1.807, 2.05) is 20.8 Å². The van der Waals surface area contributed by atoms with Crippen molar-refractivity contribution in [2.24, 2.45) is 5.41 Å². The van der Waals surface area contributed by atoms with E-state index in [0.717, 1.165) is 5.56 Å². The van der Waals surface area contributed by atoms with Crippen molar-refractivity contribution in [3.63, 3.8) is 0 Å². The lowest BCUT2D eigenvalue weighted by Crippen LogP contribution is -2.58. The van der Waals surface area contributed by atoms with E-state index in [9.17, 15) is 8.42 Å². The smallest absolute Gasteiger partial charge is 0.407 e. The van der Waals surface area contributed by atoms with Gasteiger partial charge in [0.1, 0.15) is 0 Å². The second-order valence-corrected chi connectivity index (χ2v) is 11.1. The number of benzene rings is 1. The zero-order valence-electron chi connectivity index (χ0n) is 17.6.